The van der Waals surface area contributed by atoms with Crippen molar-refractivity contribution in [2.75, 3.05) is 37.2 Å². The third kappa shape index (κ3) is 13.1. The highest BCUT2D eigenvalue weighted by molar-refractivity contribution is 7.98. The first-order valence-corrected chi connectivity index (χ1v) is 14.3. The van der Waals surface area contributed by atoms with E-state index in [1.165, 1.54) is 0 Å². The smallest absolute Gasteiger partial charge is 0.328 e. The van der Waals surface area contributed by atoms with E-state index in [0.29, 0.717) is 24.3 Å². The van der Waals surface area contributed by atoms with Gasteiger partial charge in [0.2, 0.25) is 11.8 Å². The van der Waals surface area contributed by atoms with E-state index in [1.807, 2.05) is 26.4 Å². The van der Waals surface area contributed by atoms with Gasteiger partial charge in [0.15, 0.2) is 0 Å². The van der Waals surface area contributed by atoms with Crippen LogP contribution < -0.4 is 10.6 Å². The Hall–Kier alpha value is -1.94. The molecule has 10 heteroatoms. The minimum Gasteiger partial charge on any atom is -0.464 e. The number of amides is 2. The molecule has 2 amide bonds. The Labute approximate surface area is 211 Å². The van der Waals surface area contributed by atoms with E-state index in [4.69, 9.17) is 9.47 Å². The molecule has 1 aliphatic heterocycles. The summed E-state index contributed by atoms with van der Waals surface area (Å²) in [5.74, 6) is -0.272. The number of ether oxygens (including phenoxy) is 2. The molecule has 1 heterocycles. The van der Waals surface area contributed by atoms with Crippen LogP contribution in [0.25, 0.3) is 0 Å². The molecule has 192 valence electrons. The zero-order chi connectivity index (χ0) is 25.3. The van der Waals surface area contributed by atoms with Gasteiger partial charge in [0, 0.05) is 24.7 Å². The van der Waals surface area contributed by atoms with Gasteiger partial charge in [-0.1, -0.05) is 38.2 Å². The Morgan fingerprint density at radius 1 is 0.765 bits per heavy atom. The highest BCUT2D eigenvalue weighted by atomic mass is 32.2. The molecule has 0 saturated carbocycles. The number of carbonyl (C=O) groups excluding carboxylic acids is 4. The second kappa shape index (κ2) is 17.5. The molecule has 0 aliphatic carbocycles. The van der Waals surface area contributed by atoms with Crippen molar-refractivity contribution >= 4 is 47.3 Å². The van der Waals surface area contributed by atoms with Crippen molar-refractivity contribution in [2.45, 2.75) is 51.6 Å². The molecule has 0 unspecified atom stereocenters. The van der Waals surface area contributed by atoms with E-state index in [1.54, 1.807) is 47.8 Å². The first-order chi connectivity index (χ1) is 16.3. The molecule has 0 aromatic heterocycles. The highest BCUT2D eigenvalue weighted by Gasteiger charge is 2.23. The lowest BCUT2D eigenvalue weighted by molar-refractivity contribution is -0.149. The summed E-state index contributed by atoms with van der Waals surface area (Å²) in [6, 6.07) is -1.42. The average Bonchev–Trinajstić information content (AvgIpc) is 2.80. The van der Waals surface area contributed by atoms with Crippen LogP contribution in [0.4, 0.5) is 0 Å². The van der Waals surface area contributed by atoms with Crippen LogP contribution in [0.2, 0.25) is 0 Å². The number of thioether (sulfide) groups is 2. The van der Waals surface area contributed by atoms with E-state index in [0.717, 1.165) is 0 Å². The van der Waals surface area contributed by atoms with Gasteiger partial charge in [-0.25, -0.2) is 9.59 Å². The number of esters is 2. The van der Waals surface area contributed by atoms with E-state index < -0.39 is 24.0 Å². The summed E-state index contributed by atoms with van der Waals surface area (Å²) in [5.41, 5.74) is 0. The van der Waals surface area contributed by atoms with Crippen molar-refractivity contribution in [1.82, 2.24) is 10.6 Å². The minimum absolute atomic E-state index is 0.104. The van der Waals surface area contributed by atoms with Crippen LogP contribution in [0.1, 0.15) is 39.5 Å². The molecule has 0 fully saturated rings. The van der Waals surface area contributed by atoms with E-state index >= 15 is 0 Å². The molecule has 0 bridgehead atoms. The predicted molar refractivity (Wildman–Crippen MR) is 138 cm³/mol. The van der Waals surface area contributed by atoms with Crippen LogP contribution in [-0.4, -0.2) is 73.1 Å². The molecule has 8 nitrogen and oxygen atoms in total. The Morgan fingerprint density at radius 2 is 1.15 bits per heavy atom. The monoisotopic (exact) mass is 514 g/mol. The van der Waals surface area contributed by atoms with Crippen LogP contribution in [0.15, 0.2) is 24.3 Å². The number of rotatable bonds is 6. The standard InChI is InChI=1S/C24H38N2O6S2/c1-17-7-5-9-21(27)26-20(12-14-34-4)24(30)32-16-18(2)8-6-10-22(28)25-19(11-13-33-3)23(29)31-15-17/h5-8,17-20H,9-16H2,1-4H3,(H,25,28)(H,26,27)/b7-5-,8-6-/t17-,18-,19-,20+/m1/s1. The van der Waals surface area contributed by atoms with E-state index in [-0.39, 0.29) is 49.7 Å². The quantitative estimate of drug-likeness (QED) is 0.411. The highest BCUT2D eigenvalue weighted by Crippen LogP contribution is 2.09. The summed E-state index contributed by atoms with van der Waals surface area (Å²) >= 11 is 3.17. The first-order valence-electron chi connectivity index (χ1n) is 11.5. The number of hydrogen-bond donors (Lipinski definition) is 2. The summed E-state index contributed by atoms with van der Waals surface area (Å²) in [6.45, 7) is 4.02. The fourth-order valence-electron chi connectivity index (χ4n) is 3.03. The zero-order valence-electron chi connectivity index (χ0n) is 20.5. The normalized spacial score (nSPS) is 28.1. The summed E-state index contributed by atoms with van der Waals surface area (Å²) in [6.07, 6.45) is 12.0. The van der Waals surface area contributed by atoms with Crippen molar-refractivity contribution in [3.05, 3.63) is 24.3 Å². The number of carbonyl (C=O) groups is 4. The average molecular weight is 515 g/mol. The molecule has 0 saturated heterocycles. The largest absolute Gasteiger partial charge is 0.464 e. The lowest BCUT2D eigenvalue weighted by Crippen LogP contribution is -2.42. The van der Waals surface area contributed by atoms with Gasteiger partial charge in [-0.15, -0.1) is 0 Å². The Kier molecular flexibility index (Phi) is 15.5. The maximum absolute atomic E-state index is 12.5. The van der Waals surface area contributed by atoms with E-state index in [2.05, 4.69) is 10.6 Å². The SMILES string of the molecule is CSCC[C@@H]1NC(=O)C/C=C\[C@@H](C)COC(=O)[C@@H](CCSC)NC(=O)C/C=C\[C@@H](C)COC1=O. The van der Waals surface area contributed by atoms with Crippen LogP contribution >= 0.6 is 23.5 Å². The maximum atomic E-state index is 12.5. The Bertz CT molecular complexity index is 668. The third-order valence-corrected chi connectivity index (χ3v) is 6.26. The first kappa shape index (κ1) is 30.1. The minimum atomic E-state index is -0.711. The van der Waals surface area contributed by atoms with Crippen LogP contribution in [-0.2, 0) is 28.7 Å². The van der Waals surface area contributed by atoms with Crippen LogP contribution in [0, 0.1) is 11.8 Å². The summed E-state index contributed by atoms with van der Waals surface area (Å²) < 4.78 is 10.8. The van der Waals surface area contributed by atoms with Gasteiger partial charge in [-0.3, -0.25) is 9.59 Å². The van der Waals surface area contributed by atoms with Crippen LogP contribution in [0.5, 0.6) is 0 Å². The van der Waals surface area contributed by atoms with Gasteiger partial charge in [-0.2, -0.15) is 23.5 Å². The van der Waals surface area contributed by atoms with Gasteiger partial charge in [-0.05, 0) is 36.9 Å². The van der Waals surface area contributed by atoms with Gasteiger partial charge < -0.3 is 20.1 Å². The Balaban J connectivity index is 2.93. The summed E-state index contributed by atoms with van der Waals surface area (Å²) in [5, 5.41) is 5.51. The van der Waals surface area contributed by atoms with E-state index in [9.17, 15) is 19.2 Å². The van der Waals surface area contributed by atoms with Crippen molar-refractivity contribution in [2.24, 2.45) is 11.8 Å². The summed E-state index contributed by atoms with van der Waals surface area (Å²) in [4.78, 5) is 49.8. The third-order valence-electron chi connectivity index (χ3n) is 4.97. The van der Waals surface area contributed by atoms with Gasteiger partial charge in [0.05, 0.1) is 13.2 Å². The number of cyclic esters (lactones) is 2. The van der Waals surface area contributed by atoms with Gasteiger partial charge >= 0.3 is 11.9 Å². The molecule has 1 rings (SSSR count). The predicted octanol–water partition coefficient (Wildman–Crippen LogP) is 2.73. The molecule has 4 atom stereocenters. The van der Waals surface area contributed by atoms with Crippen molar-refractivity contribution in [1.29, 1.82) is 0 Å². The second-order valence-electron chi connectivity index (χ2n) is 8.28. The lowest BCUT2D eigenvalue weighted by Gasteiger charge is -2.19. The molecule has 0 spiro atoms. The molecule has 34 heavy (non-hydrogen) atoms. The molecule has 2 N–H and O–H groups in total. The maximum Gasteiger partial charge on any atom is 0.328 e. The van der Waals surface area contributed by atoms with Crippen LogP contribution in [0.3, 0.4) is 0 Å². The second-order valence-corrected chi connectivity index (χ2v) is 10.3. The van der Waals surface area contributed by atoms with Gasteiger partial charge in [0.25, 0.3) is 0 Å². The molecular formula is C24H38N2O6S2. The topological polar surface area (TPSA) is 111 Å². The zero-order valence-corrected chi connectivity index (χ0v) is 22.2. The van der Waals surface area contributed by atoms with Crippen molar-refractivity contribution < 1.29 is 28.7 Å². The Morgan fingerprint density at radius 3 is 1.50 bits per heavy atom. The molecular weight excluding hydrogens is 476 g/mol. The molecule has 0 aromatic carbocycles. The van der Waals surface area contributed by atoms with Gasteiger partial charge in [0.1, 0.15) is 12.1 Å². The van der Waals surface area contributed by atoms with Crippen molar-refractivity contribution in [3.8, 4) is 0 Å². The van der Waals surface area contributed by atoms with Crippen molar-refractivity contribution in [3.63, 3.8) is 0 Å². The molecule has 0 aromatic rings. The number of hydrogen-bond acceptors (Lipinski definition) is 8. The molecule has 1 aliphatic rings. The molecule has 0 radical (unpaired) electrons. The number of nitrogens with one attached hydrogen (secondary N) is 2. The summed E-state index contributed by atoms with van der Waals surface area (Å²) in [7, 11) is 0. The fraction of sp³-hybridized carbons (Fsp3) is 0.667. The fourth-order valence-corrected chi connectivity index (χ4v) is 3.97. The lowest BCUT2D eigenvalue weighted by atomic mass is 10.1.